The lowest BCUT2D eigenvalue weighted by atomic mass is 10.0. The molecule has 1 saturated heterocycles. The molecule has 5 nitrogen and oxygen atoms in total. The lowest BCUT2D eigenvalue weighted by Crippen LogP contribution is -2.48. The van der Waals surface area contributed by atoms with Gasteiger partial charge in [-0.2, -0.15) is 0 Å². The second kappa shape index (κ2) is 7.76. The second-order valence-corrected chi connectivity index (χ2v) is 7.63. The highest BCUT2D eigenvalue weighted by Gasteiger charge is 2.31. The van der Waals surface area contributed by atoms with Crippen LogP contribution in [-0.2, 0) is 9.63 Å². The number of alkyl halides is 2. The molecule has 0 spiro atoms. The Kier molecular flexibility index (Phi) is 5.68. The Labute approximate surface area is 147 Å². The molecule has 1 unspecified atom stereocenters. The number of carbonyl (C=O) groups is 1. The van der Waals surface area contributed by atoms with Gasteiger partial charge in [0.25, 0.3) is 12.3 Å². The summed E-state index contributed by atoms with van der Waals surface area (Å²) >= 11 is 7.30. The highest BCUT2D eigenvalue weighted by molar-refractivity contribution is 7.18. The average Bonchev–Trinajstić information content (AvgIpc) is 3.17. The zero-order chi connectivity index (χ0) is 17.1. The summed E-state index contributed by atoms with van der Waals surface area (Å²) in [6.45, 7) is 0.930. The quantitative estimate of drug-likeness (QED) is 0.858. The second-order valence-electron chi connectivity index (χ2n) is 5.91. The summed E-state index contributed by atoms with van der Waals surface area (Å²) in [7, 11) is 0. The maximum absolute atomic E-state index is 12.4. The van der Waals surface area contributed by atoms with Crippen molar-refractivity contribution in [2.24, 2.45) is 5.16 Å². The number of hydrogen-bond donors (Lipinski definition) is 1. The number of nitrogens with one attached hydrogen (secondary N) is 1. The Balaban J connectivity index is 1.44. The third-order valence-corrected chi connectivity index (χ3v) is 5.43. The summed E-state index contributed by atoms with van der Waals surface area (Å²) in [5.41, 5.74) is 0.721. The largest absolute Gasteiger partial charge is 0.382 e. The van der Waals surface area contributed by atoms with Crippen LogP contribution >= 0.6 is 22.9 Å². The van der Waals surface area contributed by atoms with E-state index in [2.05, 4.69) is 10.5 Å². The van der Waals surface area contributed by atoms with Crippen LogP contribution in [0.25, 0.3) is 0 Å². The molecule has 24 heavy (non-hydrogen) atoms. The number of amides is 1. The van der Waals surface area contributed by atoms with Crippen molar-refractivity contribution < 1.29 is 18.4 Å². The summed E-state index contributed by atoms with van der Waals surface area (Å²) in [6.07, 6.45) is -1.21. The van der Waals surface area contributed by atoms with Crippen molar-refractivity contribution in [2.45, 2.75) is 37.8 Å². The summed E-state index contributed by atoms with van der Waals surface area (Å²) in [5.74, 6) is -0.205. The Hall–Kier alpha value is -1.25. The number of nitrogens with zero attached hydrogens (tertiary/aromatic N) is 2. The molecule has 2 aliphatic heterocycles. The van der Waals surface area contributed by atoms with E-state index < -0.39 is 12.5 Å². The van der Waals surface area contributed by atoms with Gasteiger partial charge in [-0.3, -0.25) is 9.69 Å². The Bertz CT molecular complexity index is 618. The normalized spacial score (nSPS) is 22.5. The van der Waals surface area contributed by atoms with Crippen molar-refractivity contribution >= 4 is 34.6 Å². The van der Waals surface area contributed by atoms with Crippen LogP contribution in [-0.4, -0.2) is 54.7 Å². The van der Waals surface area contributed by atoms with Gasteiger partial charge in [0.1, 0.15) is 5.71 Å². The lowest BCUT2D eigenvalue weighted by molar-refractivity contribution is -0.132. The molecule has 132 valence electrons. The van der Waals surface area contributed by atoms with Gasteiger partial charge in [-0.05, 0) is 25.0 Å². The number of thiophene rings is 1. The minimum absolute atomic E-state index is 0.00439. The number of carbonyl (C=O) groups excluding carboxylic acids is 1. The molecular formula is C15H18ClF2N3O2S. The monoisotopic (exact) mass is 377 g/mol. The van der Waals surface area contributed by atoms with Crippen LogP contribution in [0.3, 0.4) is 0 Å². The van der Waals surface area contributed by atoms with Gasteiger partial charge >= 0.3 is 0 Å². The standard InChI is InChI=1S/C15H18ClF2N3O2S/c16-13-2-1-12(24-13)10-7-11(23-20-10)15(22)19-9-3-5-21(6-4-9)8-14(17)18/h1-2,9,11,14H,3-8H2,(H,19,22). The van der Waals surface area contributed by atoms with Gasteiger partial charge in [-0.25, -0.2) is 8.78 Å². The van der Waals surface area contributed by atoms with E-state index in [0.717, 1.165) is 10.6 Å². The fourth-order valence-corrected chi connectivity index (χ4v) is 3.92. The van der Waals surface area contributed by atoms with E-state index in [4.69, 9.17) is 16.4 Å². The van der Waals surface area contributed by atoms with E-state index in [0.29, 0.717) is 36.7 Å². The first-order chi connectivity index (χ1) is 11.5. The molecule has 0 bridgehead atoms. The summed E-state index contributed by atoms with van der Waals surface area (Å²) in [6, 6.07) is 3.63. The minimum Gasteiger partial charge on any atom is -0.382 e. The smallest absolute Gasteiger partial charge is 0.264 e. The van der Waals surface area contributed by atoms with Crippen molar-refractivity contribution in [2.75, 3.05) is 19.6 Å². The predicted octanol–water partition coefficient (Wildman–Crippen LogP) is 2.74. The van der Waals surface area contributed by atoms with Crippen LogP contribution in [0.1, 0.15) is 24.1 Å². The molecule has 0 aromatic carbocycles. The Morgan fingerprint density at radius 3 is 2.83 bits per heavy atom. The molecule has 1 N–H and O–H groups in total. The van der Waals surface area contributed by atoms with Gasteiger partial charge in [0.15, 0.2) is 0 Å². The molecule has 3 heterocycles. The summed E-state index contributed by atoms with van der Waals surface area (Å²) < 4.78 is 25.4. The molecule has 0 saturated carbocycles. The van der Waals surface area contributed by atoms with Gasteiger partial charge in [-0.15, -0.1) is 11.3 Å². The van der Waals surface area contributed by atoms with Crippen molar-refractivity contribution in [1.29, 1.82) is 0 Å². The predicted molar refractivity (Wildman–Crippen MR) is 89.0 cm³/mol. The molecule has 1 aromatic rings. The molecule has 9 heteroatoms. The molecule has 2 aliphatic rings. The maximum Gasteiger partial charge on any atom is 0.264 e. The number of halogens is 3. The highest BCUT2D eigenvalue weighted by atomic mass is 35.5. The van der Waals surface area contributed by atoms with E-state index in [1.807, 2.05) is 6.07 Å². The fourth-order valence-electron chi connectivity index (χ4n) is 2.88. The maximum atomic E-state index is 12.4. The number of oxime groups is 1. The first-order valence-electron chi connectivity index (χ1n) is 7.80. The number of rotatable bonds is 5. The number of piperidine rings is 1. The van der Waals surface area contributed by atoms with Gasteiger partial charge in [0.2, 0.25) is 6.10 Å². The van der Waals surface area contributed by atoms with E-state index in [-0.39, 0.29) is 18.5 Å². The van der Waals surface area contributed by atoms with Crippen molar-refractivity contribution in [3.05, 3.63) is 21.3 Å². The van der Waals surface area contributed by atoms with Gasteiger partial charge in [-0.1, -0.05) is 16.8 Å². The molecule has 0 aliphatic carbocycles. The molecule has 0 radical (unpaired) electrons. The van der Waals surface area contributed by atoms with Crippen LogP contribution in [0.15, 0.2) is 17.3 Å². The minimum atomic E-state index is -2.32. The van der Waals surface area contributed by atoms with Crippen LogP contribution in [0, 0.1) is 0 Å². The summed E-state index contributed by atoms with van der Waals surface area (Å²) in [5, 5.41) is 6.91. The van der Waals surface area contributed by atoms with Crippen LogP contribution in [0.4, 0.5) is 8.78 Å². The lowest BCUT2D eigenvalue weighted by Gasteiger charge is -2.32. The fraction of sp³-hybridized carbons (Fsp3) is 0.600. The Morgan fingerprint density at radius 1 is 1.46 bits per heavy atom. The van der Waals surface area contributed by atoms with Gasteiger partial charge in [0.05, 0.1) is 15.8 Å². The highest BCUT2D eigenvalue weighted by Crippen LogP contribution is 2.26. The third-order valence-electron chi connectivity index (χ3n) is 4.15. The number of hydrogen-bond acceptors (Lipinski definition) is 5. The first-order valence-corrected chi connectivity index (χ1v) is 9.00. The van der Waals surface area contributed by atoms with Crippen molar-refractivity contribution in [1.82, 2.24) is 10.2 Å². The topological polar surface area (TPSA) is 53.9 Å². The van der Waals surface area contributed by atoms with Crippen molar-refractivity contribution in [3.8, 4) is 0 Å². The van der Waals surface area contributed by atoms with Gasteiger partial charge in [0, 0.05) is 25.6 Å². The third kappa shape index (κ3) is 4.43. The number of likely N-dealkylation sites (tertiary alicyclic amines) is 1. The Morgan fingerprint density at radius 2 is 2.21 bits per heavy atom. The zero-order valence-electron chi connectivity index (χ0n) is 12.9. The molecule has 1 aromatic heterocycles. The molecule has 1 atom stereocenters. The van der Waals surface area contributed by atoms with Crippen LogP contribution in [0.2, 0.25) is 4.34 Å². The van der Waals surface area contributed by atoms with Crippen LogP contribution in [0.5, 0.6) is 0 Å². The molecule has 1 fully saturated rings. The first kappa shape index (κ1) is 17.6. The molecule has 3 rings (SSSR count). The molecule has 1 amide bonds. The summed E-state index contributed by atoms with van der Waals surface area (Å²) in [4.78, 5) is 20.1. The van der Waals surface area contributed by atoms with E-state index >= 15 is 0 Å². The SMILES string of the molecule is O=C(NC1CCN(CC(F)F)CC1)C1CC(c2ccc(Cl)s2)=NO1. The van der Waals surface area contributed by atoms with Gasteiger partial charge < -0.3 is 10.2 Å². The zero-order valence-corrected chi connectivity index (χ0v) is 14.5. The van der Waals surface area contributed by atoms with E-state index in [9.17, 15) is 13.6 Å². The van der Waals surface area contributed by atoms with Crippen LogP contribution < -0.4 is 5.32 Å². The van der Waals surface area contributed by atoms with Crippen molar-refractivity contribution in [3.63, 3.8) is 0 Å². The van der Waals surface area contributed by atoms with E-state index in [1.54, 1.807) is 11.0 Å². The molecular weight excluding hydrogens is 360 g/mol. The average molecular weight is 378 g/mol. The van der Waals surface area contributed by atoms with E-state index in [1.165, 1.54) is 11.3 Å².